The predicted molar refractivity (Wildman–Crippen MR) is 193 cm³/mol. The van der Waals surface area contributed by atoms with Gasteiger partial charge < -0.3 is 39.4 Å². The normalized spacial score (nSPS) is 23.3. The number of aromatic hydroxyl groups is 1. The van der Waals surface area contributed by atoms with Crippen LogP contribution in [0.1, 0.15) is 56.9 Å². The largest absolute Gasteiger partial charge is 0.508 e. The summed E-state index contributed by atoms with van der Waals surface area (Å²) < 4.78 is 54.5. The fraction of sp³-hybridized carbons (Fsp3) is 0.513. The number of rotatable bonds is 6. The van der Waals surface area contributed by atoms with Crippen LogP contribution < -0.4 is 19.7 Å². The van der Waals surface area contributed by atoms with Crippen LogP contribution in [0.25, 0.3) is 32.9 Å². The molecule has 3 N–H and O–H groups in total. The topological polar surface area (TPSA) is 131 Å². The van der Waals surface area contributed by atoms with E-state index in [1.54, 1.807) is 4.90 Å². The Bertz CT molecular complexity index is 1960. The maximum absolute atomic E-state index is 17.0. The lowest BCUT2D eigenvalue weighted by molar-refractivity contribution is 0.0597. The van der Waals surface area contributed by atoms with Crippen molar-refractivity contribution in [2.45, 2.75) is 63.5 Å². The number of nitrogens with zero attached hydrogens (tertiary/aromatic N) is 4. The second-order valence-corrected chi connectivity index (χ2v) is 14.0. The number of phenolic OH excluding ortho intramolecular Hbond substituents is 1. The number of ether oxygens (including phenoxy) is 4. The fourth-order valence-electron chi connectivity index (χ4n) is 8.07. The Balaban J connectivity index is 0.000000638. The zero-order valence-electron chi connectivity index (χ0n) is 29.4. The number of anilines is 1. The number of methoxy groups -OCH3 is 1. The molecule has 3 atom stereocenters. The van der Waals surface area contributed by atoms with Crippen LogP contribution in [0.15, 0.2) is 24.3 Å². The third kappa shape index (κ3) is 7.17. The molecular formula is C39H45F2N5O6. The van der Waals surface area contributed by atoms with Gasteiger partial charge in [0.2, 0.25) is 5.88 Å². The van der Waals surface area contributed by atoms with Gasteiger partial charge >= 0.3 is 6.01 Å². The second kappa shape index (κ2) is 15.7. The Labute approximate surface area is 301 Å². The van der Waals surface area contributed by atoms with Crippen molar-refractivity contribution in [1.29, 1.82) is 0 Å². The van der Waals surface area contributed by atoms with E-state index < -0.39 is 17.7 Å². The number of hydrogen-bond donors (Lipinski definition) is 3. The average molecular weight is 718 g/mol. The molecule has 0 spiro atoms. The first-order valence-corrected chi connectivity index (χ1v) is 18.1. The van der Waals surface area contributed by atoms with E-state index in [4.69, 9.17) is 30.4 Å². The quantitative estimate of drug-likeness (QED) is 0.219. The minimum Gasteiger partial charge on any atom is -0.508 e. The van der Waals surface area contributed by atoms with Crippen molar-refractivity contribution < 1.29 is 37.9 Å². The van der Waals surface area contributed by atoms with Gasteiger partial charge in [0.1, 0.15) is 34.0 Å². The molecular weight excluding hydrogens is 672 g/mol. The number of halogens is 2. The fourth-order valence-corrected chi connectivity index (χ4v) is 8.07. The maximum Gasteiger partial charge on any atom is 0.319 e. The number of hydrogen-bond acceptors (Lipinski definition) is 11. The first-order chi connectivity index (χ1) is 25.3. The van der Waals surface area contributed by atoms with Crippen molar-refractivity contribution >= 4 is 27.5 Å². The average Bonchev–Trinajstić information content (AvgIpc) is 3.48. The Morgan fingerprint density at radius 1 is 1.04 bits per heavy atom. The number of piperidine rings is 1. The standard InChI is InChI=1S/C34H35F2N5O5.C5H10O/c1-3-22-24(35)8-7-19-14-20(42)15-23(26(19)22)29-28(36)30-27(32(38-29)44-2)31(41-12-13-45-17-21(43)16-41)40-33(39-30)46-18-34-9-4-6-25(34)37-11-5-10-34;1-2-4-6-5-3-1/h1,7-8,14-15,21,25,37,42-43H,4-6,9-13,16-18H2,2H3;1-5H2. The Morgan fingerprint density at radius 3 is 2.62 bits per heavy atom. The highest BCUT2D eigenvalue weighted by Crippen LogP contribution is 2.45. The van der Waals surface area contributed by atoms with Crippen molar-refractivity contribution in [3.05, 3.63) is 41.5 Å². The van der Waals surface area contributed by atoms with Gasteiger partial charge in [-0.15, -0.1) is 6.42 Å². The van der Waals surface area contributed by atoms with Crippen LogP contribution in [-0.2, 0) is 9.47 Å². The molecule has 4 fully saturated rings. The van der Waals surface area contributed by atoms with Crippen LogP contribution in [0.3, 0.4) is 0 Å². The lowest BCUT2D eigenvalue weighted by atomic mass is 9.76. The lowest BCUT2D eigenvalue weighted by Gasteiger charge is -2.39. The molecule has 11 nitrogen and oxygen atoms in total. The summed E-state index contributed by atoms with van der Waals surface area (Å²) in [7, 11) is 1.39. The number of pyridine rings is 1. The van der Waals surface area contributed by atoms with Crippen LogP contribution in [-0.4, -0.2) is 97.1 Å². The Morgan fingerprint density at radius 2 is 1.87 bits per heavy atom. The number of nitrogens with one attached hydrogen (secondary N) is 1. The number of aliphatic hydroxyl groups is 1. The molecule has 0 bridgehead atoms. The van der Waals surface area contributed by atoms with Gasteiger partial charge in [-0.2, -0.15) is 9.97 Å². The number of aromatic nitrogens is 3. The van der Waals surface area contributed by atoms with Gasteiger partial charge in [0.15, 0.2) is 5.82 Å². The summed E-state index contributed by atoms with van der Waals surface area (Å²) in [5.41, 5.74) is -0.473. The number of β-amino-alcohol motifs (C(OH)–C–C–N with tert-alkyl or cyclic N) is 1. The van der Waals surface area contributed by atoms with E-state index in [1.165, 1.54) is 50.6 Å². The van der Waals surface area contributed by atoms with Gasteiger partial charge in [-0.05, 0) is 75.1 Å². The summed E-state index contributed by atoms with van der Waals surface area (Å²) in [4.78, 5) is 15.6. The summed E-state index contributed by atoms with van der Waals surface area (Å²) in [6.45, 7) is 4.30. The predicted octanol–water partition coefficient (Wildman–Crippen LogP) is 5.50. The summed E-state index contributed by atoms with van der Waals surface area (Å²) in [6, 6.07) is 5.67. The molecule has 3 saturated heterocycles. The SMILES string of the molecule is C#Cc1c(F)ccc2cc(O)cc(-c3nc(OC)c4c(N5CCOCC(O)C5)nc(OCC56CCCNC5CCC6)nc4c3F)c12.C1CCOCC1. The first-order valence-electron chi connectivity index (χ1n) is 18.1. The number of terminal acetylenes is 1. The van der Waals surface area contributed by atoms with Crippen molar-refractivity contribution in [2.75, 3.05) is 64.7 Å². The molecule has 52 heavy (non-hydrogen) atoms. The highest BCUT2D eigenvalue weighted by Gasteiger charge is 2.45. The molecule has 13 heteroatoms. The lowest BCUT2D eigenvalue weighted by Crippen LogP contribution is -2.49. The highest BCUT2D eigenvalue weighted by atomic mass is 19.1. The Hall–Kier alpha value is -4.35. The molecule has 1 aliphatic carbocycles. The first kappa shape index (κ1) is 36.0. The summed E-state index contributed by atoms with van der Waals surface area (Å²) in [6.07, 6.45) is 14.0. The molecule has 2 aromatic carbocycles. The smallest absolute Gasteiger partial charge is 0.319 e. The van der Waals surface area contributed by atoms with Crippen molar-refractivity contribution in [3.8, 4) is 41.2 Å². The van der Waals surface area contributed by atoms with Gasteiger partial charge in [-0.3, -0.25) is 0 Å². The number of benzene rings is 2. The molecule has 4 aromatic rings. The van der Waals surface area contributed by atoms with Crippen molar-refractivity contribution in [3.63, 3.8) is 0 Å². The molecule has 8 rings (SSSR count). The Kier molecular flexibility index (Phi) is 10.9. The minimum atomic E-state index is -0.855. The van der Waals surface area contributed by atoms with E-state index in [0.717, 1.165) is 51.9 Å². The minimum absolute atomic E-state index is 0.00584. The van der Waals surface area contributed by atoms with Crippen LogP contribution in [0, 0.1) is 29.4 Å². The number of fused-ring (bicyclic) bond motifs is 3. The molecule has 4 aliphatic rings. The molecule has 0 amide bonds. The van der Waals surface area contributed by atoms with Crippen LogP contribution in [0.5, 0.6) is 17.6 Å². The monoisotopic (exact) mass is 717 g/mol. The molecule has 0 radical (unpaired) electrons. The van der Waals surface area contributed by atoms with Gasteiger partial charge in [0, 0.05) is 48.7 Å². The molecule has 3 aliphatic heterocycles. The van der Waals surface area contributed by atoms with Gasteiger partial charge in [-0.1, -0.05) is 18.4 Å². The van der Waals surface area contributed by atoms with Crippen LogP contribution in [0.4, 0.5) is 14.6 Å². The summed E-state index contributed by atoms with van der Waals surface area (Å²) in [5, 5.41) is 25.6. The molecule has 3 unspecified atom stereocenters. The zero-order chi connectivity index (χ0) is 36.2. The van der Waals surface area contributed by atoms with E-state index in [1.807, 2.05) is 0 Å². The van der Waals surface area contributed by atoms with E-state index >= 15 is 4.39 Å². The van der Waals surface area contributed by atoms with Crippen LogP contribution in [0.2, 0.25) is 0 Å². The van der Waals surface area contributed by atoms with E-state index in [-0.39, 0.29) is 75.1 Å². The third-order valence-electron chi connectivity index (χ3n) is 10.6. The van der Waals surface area contributed by atoms with Gasteiger partial charge in [-0.25, -0.2) is 13.8 Å². The second-order valence-electron chi connectivity index (χ2n) is 14.0. The highest BCUT2D eigenvalue weighted by molar-refractivity contribution is 6.04. The van der Waals surface area contributed by atoms with E-state index in [0.29, 0.717) is 31.2 Å². The molecule has 2 aromatic heterocycles. The molecule has 276 valence electrons. The van der Waals surface area contributed by atoms with Gasteiger partial charge in [0.05, 0.1) is 38.6 Å². The van der Waals surface area contributed by atoms with Crippen molar-refractivity contribution in [2.24, 2.45) is 5.41 Å². The maximum atomic E-state index is 17.0. The molecule has 1 saturated carbocycles. The summed E-state index contributed by atoms with van der Waals surface area (Å²) in [5.74, 6) is 0.921. The number of aliphatic hydroxyl groups excluding tert-OH is 1. The van der Waals surface area contributed by atoms with E-state index in [2.05, 4.69) is 21.2 Å². The van der Waals surface area contributed by atoms with E-state index in [9.17, 15) is 14.6 Å². The number of phenols is 1. The zero-order valence-corrected chi connectivity index (χ0v) is 29.4. The third-order valence-corrected chi connectivity index (χ3v) is 10.6. The van der Waals surface area contributed by atoms with Crippen molar-refractivity contribution in [1.82, 2.24) is 20.3 Å². The molecule has 5 heterocycles. The summed E-state index contributed by atoms with van der Waals surface area (Å²) >= 11 is 0. The van der Waals surface area contributed by atoms with Gasteiger partial charge in [0.25, 0.3) is 0 Å². The van der Waals surface area contributed by atoms with Crippen LogP contribution >= 0.6 is 0 Å².